The first-order chi connectivity index (χ1) is 10.0. The van der Waals surface area contributed by atoms with Crippen molar-refractivity contribution in [2.75, 3.05) is 0 Å². The Bertz CT molecular complexity index is 751. The van der Waals surface area contributed by atoms with Gasteiger partial charge >= 0.3 is 0 Å². The minimum Gasteiger partial charge on any atom is -0.505 e. The summed E-state index contributed by atoms with van der Waals surface area (Å²) in [5.74, 6) is -1.69. The third-order valence-corrected chi connectivity index (χ3v) is 2.96. The van der Waals surface area contributed by atoms with Crippen molar-refractivity contribution >= 4 is 0 Å². The highest BCUT2D eigenvalue weighted by atomic mass is 19.1. The summed E-state index contributed by atoms with van der Waals surface area (Å²) < 4.78 is 14.4. The van der Waals surface area contributed by atoms with Crippen LogP contribution in [0, 0.1) is 5.82 Å². The van der Waals surface area contributed by atoms with Crippen LogP contribution in [-0.2, 0) is 0 Å². The highest BCUT2D eigenvalue weighted by Crippen LogP contribution is 2.29. The van der Waals surface area contributed by atoms with Crippen molar-refractivity contribution < 1.29 is 19.7 Å². The lowest BCUT2D eigenvalue weighted by Crippen LogP contribution is -1.94. The maximum atomic E-state index is 13.0. The number of aromatic hydroxyl groups is 3. The van der Waals surface area contributed by atoms with Gasteiger partial charge in [-0.1, -0.05) is 5.21 Å². The van der Waals surface area contributed by atoms with E-state index in [1.54, 1.807) is 12.3 Å². The predicted octanol–water partition coefficient (Wildman–Crippen LogP) is 2.19. The molecule has 0 aliphatic rings. The summed E-state index contributed by atoms with van der Waals surface area (Å²) >= 11 is 0. The molecule has 1 aromatic heterocycles. The molecule has 0 aliphatic carbocycles. The first-order valence-corrected chi connectivity index (χ1v) is 5.98. The second-order valence-corrected chi connectivity index (χ2v) is 4.39. The van der Waals surface area contributed by atoms with Crippen LogP contribution in [0.2, 0.25) is 0 Å². The molecule has 0 amide bonds. The van der Waals surface area contributed by atoms with Crippen molar-refractivity contribution in [3.8, 4) is 34.2 Å². The minimum absolute atomic E-state index is 0.227. The van der Waals surface area contributed by atoms with Gasteiger partial charge in [0, 0.05) is 11.6 Å². The Hall–Kier alpha value is -3.09. The molecule has 21 heavy (non-hydrogen) atoms. The summed E-state index contributed by atoms with van der Waals surface area (Å²) in [6.07, 6.45) is 1.55. The van der Waals surface area contributed by atoms with E-state index < -0.39 is 11.6 Å². The lowest BCUT2D eigenvalue weighted by Gasteiger charge is -2.01. The average Bonchev–Trinajstić information content (AvgIpc) is 2.94. The number of rotatable bonds is 2. The van der Waals surface area contributed by atoms with E-state index >= 15 is 0 Å². The van der Waals surface area contributed by atoms with Crippen LogP contribution in [0.15, 0.2) is 42.6 Å². The zero-order valence-corrected chi connectivity index (χ0v) is 10.6. The molecule has 3 rings (SSSR count). The summed E-state index contributed by atoms with van der Waals surface area (Å²) in [6.45, 7) is 0. The molecule has 0 aliphatic heterocycles. The molecule has 3 aromatic rings. The summed E-state index contributed by atoms with van der Waals surface area (Å²) in [4.78, 5) is 0. The van der Waals surface area contributed by atoms with Crippen LogP contribution in [-0.4, -0.2) is 30.3 Å². The van der Waals surface area contributed by atoms with Crippen molar-refractivity contribution in [2.24, 2.45) is 0 Å². The van der Waals surface area contributed by atoms with E-state index in [0.29, 0.717) is 16.9 Å². The highest BCUT2D eigenvalue weighted by Gasteiger charge is 2.09. The Kier molecular flexibility index (Phi) is 2.94. The molecule has 7 heteroatoms. The first kappa shape index (κ1) is 12.9. The molecule has 0 unspecified atom stereocenters. The van der Waals surface area contributed by atoms with E-state index in [0.717, 1.165) is 6.07 Å². The second-order valence-electron chi connectivity index (χ2n) is 4.39. The number of aromatic nitrogens is 3. The number of hydrogen-bond donors (Lipinski definition) is 3. The van der Waals surface area contributed by atoms with Gasteiger partial charge in [-0.2, -0.15) is 0 Å². The van der Waals surface area contributed by atoms with Gasteiger partial charge in [-0.25, -0.2) is 9.07 Å². The standard InChI is InChI=1S/C14H10FN3O3/c15-10-3-2-9(6-13(10)20)18-7-11(16-17-18)8-1-4-12(19)14(21)5-8/h1-7,19-21H. The van der Waals surface area contributed by atoms with Gasteiger partial charge in [-0.3, -0.25) is 0 Å². The van der Waals surface area contributed by atoms with Crippen molar-refractivity contribution in [1.29, 1.82) is 0 Å². The van der Waals surface area contributed by atoms with Crippen LogP contribution in [0.25, 0.3) is 16.9 Å². The Morgan fingerprint density at radius 1 is 0.905 bits per heavy atom. The third-order valence-electron chi connectivity index (χ3n) is 2.96. The van der Waals surface area contributed by atoms with Crippen molar-refractivity contribution in [3.05, 3.63) is 48.4 Å². The van der Waals surface area contributed by atoms with Crippen LogP contribution in [0.5, 0.6) is 17.2 Å². The topological polar surface area (TPSA) is 91.4 Å². The predicted molar refractivity (Wildman–Crippen MR) is 71.7 cm³/mol. The van der Waals surface area contributed by atoms with E-state index in [2.05, 4.69) is 10.3 Å². The largest absolute Gasteiger partial charge is 0.505 e. The number of halogens is 1. The molecule has 0 spiro atoms. The van der Waals surface area contributed by atoms with Gasteiger partial charge in [0.05, 0.1) is 11.9 Å². The number of phenols is 3. The van der Waals surface area contributed by atoms with E-state index in [4.69, 9.17) is 0 Å². The fourth-order valence-corrected chi connectivity index (χ4v) is 1.85. The molecule has 106 valence electrons. The molecule has 1 heterocycles. The Labute approximate surface area is 118 Å². The van der Waals surface area contributed by atoms with Crippen LogP contribution < -0.4 is 0 Å². The summed E-state index contributed by atoms with van der Waals surface area (Å²) in [7, 11) is 0. The summed E-state index contributed by atoms with van der Waals surface area (Å²) in [5.41, 5.74) is 1.45. The molecule has 6 nitrogen and oxygen atoms in total. The maximum Gasteiger partial charge on any atom is 0.164 e. The van der Waals surface area contributed by atoms with Gasteiger partial charge < -0.3 is 15.3 Å². The molecule has 0 bridgehead atoms. The lowest BCUT2D eigenvalue weighted by atomic mass is 10.1. The Morgan fingerprint density at radius 2 is 1.71 bits per heavy atom. The van der Waals surface area contributed by atoms with Gasteiger partial charge in [0.1, 0.15) is 5.69 Å². The van der Waals surface area contributed by atoms with E-state index in [-0.39, 0.29) is 11.5 Å². The van der Waals surface area contributed by atoms with Gasteiger partial charge in [-0.05, 0) is 30.3 Å². The zero-order valence-electron chi connectivity index (χ0n) is 10.6. The number of phenolic OH excluding ortho intramolecular Hbond substituents is 3. The Morgan fingerprint density at radius 3 is 2.43 bits per heavy atom. The van der Waals surface area contributed by atoms with Crippen LogP contribution >= 0.6 is 0 Å². The molecular weight excluding hydrogens is 277 g/mol. The smallest absolute Gasteiger partial charge is 0.164 e. The molecule has 0 radical (unpaired) electrons. The number of nitrogens with zero attached hydrogens (tertiary/aromatic N) is 3. The van der Waals surface area contributed by atoms with Crippen LogP contribution in [0.3, 0.4) is 0 Å². The lowest BCUT2D eigenvalue weighted by molar-refractivity contribution is 0.404. The number of benzene rings is 2. The second kappa shape index (κ2) is 4.78. The highest BCUT2D eigenvalue weighted by molar-refractivity contribution is 5.62. The normalized spacial score (nSPS) is 10.7. The van der Waals surface area contributed by atoms with E-state index in [1.807, 2.05) is 0 Å². The van der Waals surface area contributed by atoms with Gasteiger partial charge in [0.15, 0.2) is 23.1 Å². The molecule has 3 N–H and O–H groups in total. The average molecular weight is 287 g/mol. The van der Waals surface area contributed by atoms with Crippen molar-refractivity contribution in [1.82, 2.24) is 15.0 Å². The summed E-state index contributed by atoms with van der Waals surface area (Å²) in [6, 6.07) is 8.06. The van der Waals surface area contributed by atoms with Crippen LogP contribution in [0.1, 0.15) is 0 Å². The molecule has 0 atom stereocenters. The monoisotopic (exact) mass is 287 g/mol. The molecule has 0 fully saturated rings. The molecule has 0 saturated heterocycles. The van der Waals surface area contributed by atoms with Gasteiger partial charge in [0.25, 0.3) is 0 Å². The fraction of sp³-hybridized carbons (Fsp3) is 0. The van der Waals surface area contributed by atoms with E-state index in [9.17, 15) is 19.7 Å². The quantitative estimate of drug-likeness (QED) is 0.628. The fourth-order valence-electron chi connectivity index (χ4n) is 1.85. The number of hydrogen-bond acceptors (Lipinski definition) is 5. The molecule has 0 saturated carbocycles. The summed E-state index contributed by atoms with van der Waals surface area (Å²) in [5, 5.41) is 35.9. The van der Waals surface area contributed by atoms with Crippen molar-refractivity contribution in [2.45, 2.75) is 0 Å². The molecular formula is C14H10FN3O3. The Balaban J connectivity index is 1.99. The molecule has 2 aromatic carbocycles. The van der Waals surface area contributed by atoms with Crippen LogP contribution in [0.4, 0.5) is 4.39 Å². The zero-order chi connectivity index (χ0) is 15.0. The van der Waals surface area contributed by atoms with Gasteiger partial charge in [-0.15, -0.1) is 5.10 Å². The first-order valence-electron chi connectivity index (χ1n) is 5.98. The third kappa shape index (κ3) is 2.36. The van der Waals surface area contributed by atoms with Crippen molar-refractivity contribution in [3.63, 3.8) is 0 Å². The van der Waals surface area contributed by atoms with Gasteiger partial charge in [0.2, 0.25) is 0 Å². The minimum atomic E-state index is -0.720. The van der Waals surface area contributed by atoms with E-state index in [1.165, 1.54) is 28.9 Å². The SMILES string of the molecule is Oc1ccc(-c2cn(-c3ccc(F)c(O)c3)nn2)cc1O. The maximum absolute atomic E-state index is 13.0.